The maximum Gasteiger partial charge on any atom is 0.272 e. The van der Waals surface area contributed by atoms with E-state index in [1.54, 1.807) is 0 Å². The highest BCUT2D eigenvalue weighted by molar-refractivity contribution is 7.89. The first-order valence-electron chi connectivity index (χ1n) is 10.5. The van der Waals surface area contributed by atoms with Gasteiger partial charge in [-0.15, -0.1) is 6.42 Å². The Balaban J connectivity index is 2.65. The highest BCUT2D eigenvalue weighted by atomic mass is 32.2. The molecule has 1 aliphatic rings. The fourth-order valence-corrected chi connectivity index (χ4v) is 5.86. The fraction of sp³-hybridized carbons (Fsp3) is 0.579. The number of hydrogen-bond acceptors (Lipinski definition) is 12. The zero-order valence-electron chi connectivity index (χ0n) is 20.0. The second-order valence-electron chi connectivity index (χ2n) is 7.99. The van der Waals surface area contributed by atoms with E-state index in [-0.39, 0.29) is 37.4 Å². The lowest BCUT2D eigenvalue weighted by atomic mass is 10.1. The third kappa shape index (κ3) is 8.37. The van der Waals surface area contributed by atoms with Crippen LogP contribution in [-0.4, -0.2) is 111 Å². The largest absolute Gasteiger partial charge is 0.365 e. The van der Waals surface area contributed by atoms with Gasteiger partial charge in [-0.1, -0.05) is 5.92 Å². The van der Waals surface area contributed by atoms with E-state index in [1.807, 2.05) is 11.9 Å². The average Bonchev–Trinajstić information content (AvgIpc) is 2.75. The van der Waals surface area contributed by atoms with Crippen molar-refractivity contribution in [1.82, 2.24) is 9.21 Å². The van der Waals surface area contributed by atoms with Gasteiger partial charge < -0.3 is 9.80 Å². The molecule has 0 unspecified atom stereocenters. The normalized spacial score (nSPS) is 15.9. The van der Waals surface area contributed by atoms with Crippen molar-refractivity contribution in [2.24, 2.45) is 0 Å². The molecule has 0 aliphatic carbocycles. The summed E-state index contributed by atoms with van der Waals surface area (Å²) in [5, 5.41) is 11.5. The number of terminal acetylenes is 1. The van der Waals surface area contributed by atoms with Crippen LogP contribution in [0.1, 0.15) is 5.56 Å². The van der Waals surface area contributed by atoms with Crippen molar-refractivity contribution < 1.29 is 38.5 Å². The van der Waals surface area contributed by atoms with Gasteiger partial charge in [-0.25, -0.2) is 8.42 Å². The average molecular weight is 569 g/mol. The Morgan fingerprint density at radius 1 is 1.00 bits per heavy atom. The van der Waals surface area contributed by atoms with Gasteiger partial charge in [-0.2, -0.15) is 21.1 Å². The molecule has 0 amide bonds. The van der Waals surface area contributed by atoms with Gasteiger partial charge in [0.15, 0.2) is 0 Å². The molecule has 17 heteroatoms. The third-order valence-corrected chi connectivity index (χ3v) is 8.24. The minimum absolute atomic E-state index is 0.126. The number of likely N-dealkylation sites (N-methyl/N-ethyl adjacent to an activating group) is 1. The number of non-ortho nitro benzene ring substituents is 1. The SMILES string of the molecule is C#Cc1cc([N+](=O)[O-])cc(S(=O)(=O)N2CCN(C)CC2)c1N(CCOS(C)(=O)=O)CCOS(C)(=O)=O. The second-order valence-corrected chi connectivity index (χ2v) is 13.2. The van der Waals surface area contributed by atoms with Crippen molar-refractivity contribution in [2.45, 2.75) is 4.90 Å². The lowest BCUT2D eigenvalue weighted by Gasteiger charge is -2.33. The second kappa shape index (κ2) is 11.8. The predicted octanol–water partition coefficient (Wildman–Crippen LogP) is -0.729. The van der Waals surface area contributed by atoms with Crippen LogP contribution in [0.2, 0.25) is 0 Å². The van der Waals surface area contributed by atoms with Crippen molar-refractivity contribution in [2.75, 3.05) is 76.9 Å². The van der Waals surface area contributed by atoms with Crippen LogP contribution in [-0.2, 0) is 38.6 Å². The summed E-state index contributed by atoms with van der Waals surface area (Å²) >= 11 is 0. The molecule has 1 heterocycles. The quantitative estimate of drug-likeness (QED) is 0.134. The van der Waals surface area contributed by atoms with Gasteiger partial charge in [-0.05, 0) is 7.05 Å². The summed E-state index contributed by atoms with van der Waals surface area (Å²) in [5.41, 5.74) is -0.842. The van der Waals surface area contributed by atoms with Crippen LogP contribution in [0.4, 0.5) is 11.4 Å². The van der Waals surface area contributed by atoms with Gasteiger partial charge in [0.2, 0.25) is 10.0 Å². The standard InChI is InChI=1S/C19H28N4O10S3/c1-5-16-14-17(23(24)25)15-18(36(30,31)22-8-6-20(2)7-9-22)19(16)21(10-12-32-34(3,26)27)11-13-33-35(4,28)29/h1,14-15H,6-13H2,2-4H3. The lowest BCUT2D eigenvalue weighted by molar-refractivity contribution is -0.385. The number of benzene rings is 1. The molecule has 1 aromatic carbocycles. The van der Waals surface area contributed by atoms with Crippen molar-refractivity contribution in [3.05, 3.63) is 27.8 Å². The van der Waals surface area contributed by atoms with E-state index in [9.17, 15) is 35.4 Å². The minimum atomic E-state index is -4.31. The van der Waals surface area contributed by atoms with E-state index in [4.69, 9.17) is 14.8 Å². The van der Waals surface area contributed by atoms with Crippen LogP contribution in [0, 0.1) is 22.5 Å². The van der Waals surface area contributed by atoms with Crippen LogP contribution in [0.15, 0.2) is 17.0 Å². The summed E-state index contributed by atoms with van der Waals surface area (Å²) in [6.45, 7) is -0.268. The molecular formula is C19H28N4O10S3. The first-order valence-corrected chi connectivity index (χ1v) is 15.5. The fourth-order valence-electron chi connectivity index (χ4n) is 3.43. The number of nitrogens with zero attached hydrogens (tertiary/aromatic N) is 4. The molecule has 202 valence electrons. The lowest BCUT2D eigenvalue weighted by Crippen LogP contribution is -2.47. The number of piperazine rings is 1. The molecule has 1 aliphatic heterocycles. The number of nitro groups is 1. The molecule has 0 saturated carbocycles. The van der Waals surface area contributed by atoms with E-state index in [0.29, 0.717) is 13.1 Å². The third-order valence-electron chi connectivity index (χ3n) is 5.14. The number of nitro benzene ring substituents is 1. The molecule has 0 spiro atoms. The molecule has 1 aromatic rings. The van der Waals surface area contributed by atoms with Crippen molar-refractivity contribution in [1.29, 1.82) is 0 Å². The van der Waals surface area contributed by atoms with Gasteiger partial charge in [0, 0.05) is 51.4 Å². The Bertz CT molecular complexity index is 1290. The van der Waals surface area contributed by atoms with Crippen LogP contribution in [0.5, 0.6) is 0 Å². The van der Waals surface area contributed by atoms with Crippen molar-refractivity contribution in [3.63, 3.8) is 0 Å². The number of anilines is 1. The first-order chi connectivity index (χ1) is 16.5. The van der Waals surface area contributed by atoms with E-state index in [1.165, 1.54) is 9.21 Å². The smallest absolute Gasteiger partial charge is 0.272 e. The molecule has 0 atom stereocenters. The Morgan fingerprint density at radius 3 is 1.92 bits per heavy atom. The van der Waals surface area contributed by atoms with Gasteiger partial charge >= 0.3 is 0 Å². The summed E-state index contributed by atoms with van der Waals surface area (Å²) in [7, 11) is -10.2. The van der Waals surface area contributed by atoms with E-state index in [2.05, 4.69) is 5.92 Å². The van der Waals surface area contributed by atoms with Crippen molar-refractivity contribution >= 4 is 41.6 Å². The molecule has 1 fully saturated rings. The molecule has 0 bridgehead atoms. The maximum absolute atomic E-state index is 13.7. The van der Waals surface area contributed by atoms with Crippen LogP contribution >= 0.6 is 0 Å². The summed E-state index contributed by atoms with van der Waals surface area (Å²) in [5.74, 6) is 2.25. The Morgan fingerprint density at radius 2 is 1.50 bits per heavy atom. The number of rotatable bonds is 12. The number of sulfonamides is 1. The van der Waals surface area contributed by atoms with Crippen LogP contribution in [0.3, 0.4) is 0 Å². The van der Waals surface area contributed by atoms with Gasteiger partial charge in [0.1, 0.15) is 4.90 Å². The number of hydrogen-bond donors (Lipinski definition) is 0. The van der Waals surface area contributed by atoms with Crippen LogP contribution in [0.25, 0.3) is 0 Å². The summed E-state index contributed by atoms with van der Waals surface area (Å²) in [4.78, 5) is 13.5. The Labute approximate surface area is 211 Å². The van der Waals surface area contributed by atoms with E-state index < -0.39 is 59.0 Å². The molecule has 0 radical (unpaired) electrons. The molecule has 2 rings (SSSR count). The van der Waals surface area contributed by atoms with Gasteiger partial charge in [-0.3, -0.25) is 18.5 Å². The molecule has 14 nitrogen and oxygen atoms in total. The zero-order chi connectivity index (χ0) is 27.3. The first kappa shape index (κ1) is 29.9. The summed E-state index contributed by atoms with van der Waals surface area (Å²) in [6.07, 6.45) is 7.24. The van der Waals surface area contributed by atoms with Crippen molar-refractivity contribution in [3.8, 4) is 12.3 Å². The molecule has 1 saturated heterocycles. The van der Waals surface area contributed by atoms with Gasteiger partial charge in [0.25, 0.3) is 25.9 Å². The molecule has 36 heavy (non-hydrogen) atoms. The molecular weight excluding hydrogens is 540 g/mol. The Kier molecular flexibility index (Phi) is 9.81. The maximum atomic E-state index is 13.7. The monoisotopic (exact) mass is 568 g/mol. The van der Waals surface area contributed by atoms with E-state index >= 15 is 0 Å². The molecule has 0 N–H and O–H groups in total. The van der Waals surface area contributed by atoms with Crippen LogP contribution < -0.4 is 4.90 Å². The minimum Gasteiger partial charge on any atom is -0.365 e. The van der Waals surface area contributed by atoms with E-state index in [0.717, 1.165) is 24.6 Å². The topological polar surface area (TPSA) is 174 Å². The summed E-state index contributed by atoms with van der Waals surface area (Å²) < 4.78 is 83.8. The zero-order valence-corrected chi connectivity index (χ0v) is 22.4. The Hall–Kier alpha value is -2.33. The summed E-state index contributed by atoms with van der Waals surface area (Å²) in [6, 6.07) is 1.89. The molecule has 0 aromatic heterocycles. The van der Waals surface area contributed by atoms with Gasteiger partial charge in [0.05, 0.1) is 41.9 Å². The predicted molar refractivity (Wildman–Crippen MR) is 131 cm³/mol. The highest BCUT2D eigenvalue weighted by Crippen LogP contribution is 2.35. The highest BCUT2D eigenvalue weighted by Gasteiger charge is 2.34.